The quantitative estimate of drug-likeness (QED) is 0.490. The predicted octanol–water partition coefficient (Wildman–Crippen LogP) is 1.71. The first-order valence-corrected chi connectivity index (χ1v) is 3.65. The number of allylic oxidation sites excluding steroid dienone is 2. The molecule has 0 amide bonds. The Hall–Kier alpha value is -0.700. The topological polar surface area (TPSA) is 37.3 Å². The van der Waals surface area contributed by atoms with Gasteiger partial charge in [-0.3, -0.25) is 0 Å². The Morgan fingerprint density at radius 1 is 1.38 bits per heavy atom. The summed E-state index contributed by atoms with van der Waals surface area (Å²) in [6, 6.07) is 0. The molecule has 0 aromatic heterocycles. The molecule has 0 aromatic rings. The van der Waals surface area contributed by atoms with Crippen molar-refractivity contribution >= 4 is 16.2 Å². The monoisotopic (exact) mass is 130 g/mol. The first-order chi connectivity index (χ1) is 3.80. The van der Waals surface area contributed by atoms with Crippen molar-refractivity contribution in [2.45, 2.75) is 0 Å². The minimum absolute atomic E-state index is 0.718. The van der Waals surface area contributed by atoms with Crippen LogP contribution in [0.5, 0.6) is 0 Å². The van der Waals surface area contributed by atoms with Crippen molar-refractivity contribution in [2.75, 3.05) is 0 Å². The highest BCUT2D eigenvalue weighted by Crippen LogP contribution is 2.32. The maximum Gasteiger partial charge on any atom is 0.351 e. The largest absolute Gasteiger partial charge is 0.474 e. The van der Waals surface area contributed by atoms with Crippen molar-refractivity contribution in [1.82, 2.24) is 0 Å². The summed E-state index contributed by atoms with van der Waals surface area (Å²) in [6.45, 7) is 0. The molecule has 0 aromatic carbocycles. The van der Waals surface area contributed by atoms with Gasteiger partial charge in [0.1, 0.15) is 0 Å². The molecule has 1 N–H and O–H groups in total. The van der Waals surface area contributed by atoms with E-state index in [1.807, 2.05) is 0 Å². The van der Waals surface area contributed by atoms with E-state index in [2.05, 4.69) is 0 Å². The summed E-state index contributed by atoms with van der Waals surface area (Å²) in [5.74, 6) is 0. The van der Waals surface area contributed by atoms with Crippen LogP contribution < -0.4 is 0 Å². The van der Waals surface area contributed by atoms with Gasteiger partial charge in [-0.15, -0.1) is 10.9 Å². The highest BCUT2D eigenvalue weighted by molar-refractivity contribution is 8.34. The summed E-state index contributed by atoms with van der Waals surface area (Å²) in [4.78, 5) is 10.1. The van der Waals surface area contributed by atoms with Gasteiger partial charge in [0.2, 0.25) is 0 Å². The van der Waals surface area contributed by atoms with Crippen LogP contribution in [0.25, 0.3) is 0 Å². The lowest BCUT2D eigenvalue weighted by molar-refractivity contribution is 0.222. The van der Waals surface area contributed by atoms with Crippen LogP contribution in [-0.4, -0.2) is 10.4 Å². The number of hydrogen-bond acceptors (Lipinski definition) is 1. The van der Waals surface area contributed by atoms with Gasteiger partial charge in [-0.25, -0.2) is 4.79 Å². The minimum atomic E-state index is -0.949. The van der Waals surface area contributed by atoms with E-state index in [0.29, 0.717) is 0 Å². The fourth-order valence-electron chi connectivity index (χ4n) is 0.462. The first kappa shape index (κ1) is 5.44. The average Bonchev–Trinajstić information content (AvgIpc) is 2.12. The Morgan fingerprint density at radius 3 is 2.12 bits per heavy atom. The molecule has 0 atom stereocenters. The summed E-state index contributed by atoms with van der Waals surface area (Å²) in [5.41, 5.74) is 0. The van der Waals surface area contributed by atoms with Gasteiger partial charge in [0.05, 0.1) is 0 Å². The Kier molecular flexibility index (Phi) is 1.39. The molecule has 1 aliphatic heterocycles. The van der Waals surface area contributed by atoms with Crippen LogP contribution in [0.4, 0.5) is 4.79 Å². The maximum absolute atomic E-state index is 10.1. The van der Waals surface area contributed by atoms with Gasteiger partial charge in [-0.05, 0) is 10.8 Å². The maximum atomic E-state index is 10.1. The van der Waals surface area contributed by atoms with Crippen LogP contribution in [0.3, 0.4) is 0 Å². The zero-order valence-electron chi connectivity index (χ0n) is 4.11. The average molecular weight is 130 g/mol. The van der Waals surface area contributed by atoms with Crippen LogP contribution in [0.2, 0.25) is 0 Å². The molecule has 0 saturated heterocycles. The molecule has 2 nitrogen and oxygen atoms in total. The molecule has 0 bridgehead atoms. The van der Waals surface area contributed by atoms with Gasteiger partial charge >= 0.3 is 5.30 Å². The first-order valence-electron chi connectivity index (χ1n) is 2.17. The summed E-state index contributed by atoms with van der Waals surface area (Å²) < 4.78 is 0. The van der Waals surface area contributed by atoms with E-state index in [1.54, 1.807) is 23.0 Å². The third kappa shape index (κ3) is 0.924. The van der Waals surface area contributed by atoms with E-state index in [1.165, 1.54) is 0 Å². The normalized spacial score (nSPS) is 19.8. The lowest BCUT2D eigenvalue weighted by atomic mass is 10.6. The molecule has 0 radical (unpaired) electrons. The van der Waals surface area contributed by atoms with Gasteiger partial charge in [-0.2, -0.15) is 0 Å². The van der Waals surface area contributed by atoms with Gasteiger partial charge < -0.3 is 5.11 Å². The molecule has 0 unspecified atom stereocenters. The third-order valence-electron chi connectivity index (χ3n) is 0.825. The molecule has 1 heterocycles. The molecule has 1 aliphatic rings. The van der Waals surface area contributed by atoms with E-state index in [0.717, 1.165) is 0 Å². The zero-order chi connectivity index (χ0) is 5.98. The van der Waals surface area contributed by atoms with E-state index >= 15 is 0 Å². The highest BCUT2D eigenvalue weighted by atomic mass is 32.2. The molecular weight excluding hydrogens is 124 g/mol. The Balaban J connectivity index is 2.62. The van der Waals surface area contributed by atoms with E-state index in [9.17, 15) is 4.79 Å². The van der Waals surface area contributed by atoms with Crippen LogP contribution in [0, 0.1) is 0 Å². The molecule has 0 spiro atoms. The zero-order valence-corrected chi connectivity index (χ0v) is 5.01. The van der Waals surface area contributed by atoms with Crippen molar-refractivity contribution < 1.29 is 9.90 Å². The van der Waals surface area contributed by atoms with Gasteiger partial charge in [0.15, 0.2) is 0 Å². The summed E-state index contributed by atoms with van der Waals surface area (Å²) in [5, 5.41) is 11.0. The van der Waals surface area contributed by atoms with E-state index < -0.39 is 16.2 Å². The van der Waals surface area contributed by atoms with Crippen molar-refractivity contribution in [3.05, 3.63) is 23.0 Å². The SMILES string of the molecule is O=C(O)[SH]1C=CC=C1. The Labute approximate surface area is 49.9 Å². The number of hydrogen-bond donors (Lipinski definition) is 2. The number of thiol groups is 1. The number of carboxylic acid groups (broad SMARTS) is 1. The summed E-state index contributed by atoms with van der Waals surface area (Å²) in [6.07, 6.45) is 3.53. The van der Waals surface area contributed by atoms with Crippen molar-refractivity contribution in [3.63, 3.8) is 0 Å². The molecule has 0 fully saturated rings. The van der Waals surface area contributed by atoms with Crippen LogP contribution >= 0.6 is 10.9 Å². The fourth-order valence-corrected chi connectivity index (χ4v) is 1.39. The molecule has 44 valence electrons. The van der Waals surface area contributed by atoms with Gasteiger partial charge in [-0.1, -0.05) is 12.2 Å². The fraction of sp³-hybridized carbons (Fsp3) is 0. The predicted molar refractivity (Wildman–Crippen MR) is 35.3 cm³/mol. The Bertz CT molecular complexity index is 148. The Morgan fingerprint density at radius 2 is 1.88 bits per heavy atom. The molecule has 1 rings (SSSR count). The van der Waals surface area contributed by atoms with Crippen molar-refractivity contribution in [1.29, 1.82) is 0 Å². The lowest BCUT2D eigenvalue weighted by Crippen LogP contribution is -1.85. The third-order valence-corrected chi connectivity index (χ3v) is 2.25. The second-order valence-corrected chi connectivity index (χ2v) is 3.17. The van der Waals surface area contributed by atoms with Gasteiger partial charge in [0.25, 0.3) is 0 Å². The number of carbonyl (C=O) groups is 1. The number of rotatable bonds is 0. The minimum Gasteiger partial charge on any atom is -0.474 e. The van der Waals surface area contributed by atoms with Gasteiger partial charge in [0, 0.05) is 0 Å². The van der Waals surface area contributed by atoms with E-state index in [4.69, 9.17) is 5.11 Å². The second kappa shape index (κ2) is 2.05. The van der Waals surface area contributed by atoms with E-state index in [-0.39, 0.29) is 0 Å². The second-order valence-electron chi connectivity index (χ2n) is 1.37. The summed E-state index contributed by atoms with van der Waals surface area (Å²) in [7, 11) is -0.949. The molecular formula is C5H6O2S. The molecule has 8 heavy (non-hydrogen) atoms. The van der Waals surface area contributed by atoms with Crippen LogP contribution in [0.1, 0.15) is 0 Å². The van der Waals surface area contributed by atoms with Crippen molar-refractivity contribution in [3.8, 4) is 0 Å². The summed E-state index contributed by atoms with van der Waals surface area (Å²) >= 11 is 0. The molecule has 0 saturated carbocycles. The lowest BCUT2D eigenvalue weighted by Gasteiger charge is -1.97. The smallest absolute Gasteiger partial charge is 0.351 e. The van der Waals surface area contributed by atoms with Crippen LogP contribution in [0.15, 0.2) is 23.0 Å². The molecule has 3 heteroatoms. The standard InChI is InChI=1S/C5H6O2S/c6-5(7)8-3-1-2-4-8/h1-4,8H,(H,6,7). The van der Waals surface area contributed by atoms with Crippen LogP contribution in [-0.2, 0) is 0 Å². The van der Waals surface area contributed by atoms with Crippen molar-refractivity contribution in [2.24, 2.45) is 0 Å². The molecule has 0 aliphatic carbocycles. The highest BCUT2D eigenvalue weighted by Gasteiger charge is 2.05.